The third kappa shape index (κ3) is 3.77. The molecular weight excluding hydrogens is 332 g/mol. The van der Waals surface area contributed by atoms with Gasteiger partial charge in [0.2, 0.25) is 0 Å². The summed E-state index contributed by atoms with van der Waals surface area (Å²) in [6.45, 7) is 4.49. The maximum atomic E-state index is 5.22. The highest BCUT2D eigenvalue weighted by Crippen LogP contribution is 2.28. The predicted molar refractivity (Wildman–Crippen MR) is 76.6 cm³/mol. The number of halogens is 2. The summed E-state index contributed by atoms with van der Waals surface area (Å²) in [7, 11) is 1.69. The van der Waals surface area contributed by atoms with Crippen LogP contribution in [0.1, 0.15) is 25.8 Å². The Labute approximate surface area is 115 Å². The van der Waals surface area contributed by atoms with Gasteiger partial charge >= 0.3 is 0 Å². The number of hydrogen-bond acceptors (Lipinski definition) is 1. The van der Waals surface area contributed by atoms with Crippen molar-refractivity contribution in [2.45, 2.75) is 31.5 Å². The van der Waals surface area contributed by atoms with Crippen LogP contribution in [0.4, 0.5) is 0 Å². The Kier molecular flexibility index (Phi) is 5.84. The van der Waals surface area contributed by atoms with Gasteiger partial charge in [0, 0.05) is 4.83 Å². The van der Waals surface area contributed by atoms with Gasteiger partial charge in [0.25, 0.3) is 0 Å². The molecule has 1 aromatic carbocycles. The molecule has 0 aliphatic heterocycles. The SMILES string of the molecule is CCC(Br)C(C)Cc1ccc(OC)c(Br)c1. The molecule has 1 nitrogen and oxygen atoms in total. The van der Waals surface area contributed by atoms with Crippen molar-refractivity contribution in [3.05, 3.63) is 28.2 Å². The summed E-state index contributed by atoms with van der Waals surface area (Å²) < 4.78 is 6.25. The van der Waals surface area contributed by atoms with Crippen molar-refractivity contribution < 1.29 is 4.74 Å². The topological polar surface area (TPSA) is 9.23 Å². The Morgan fingerprint density at radius 3 is 2.56 bits per heavy atom. The van der Waals surface area contributed by atoms with Crippen molar-refractivity contribution in [1.82, 2.24) is 0 Å². The molecule has 0 fully saturated rings. The molecule has 0 saturated heterocycles. The second kappa shape index (κ2) is 6.65. The lowest BCUT2D eigenvalue weighted by Crippen LogP contribution is -2.12. The standard InChI is InChI=1S/C13H18Br2O/c1-4-11(14)9(2)7-10-5-6-13(16-3)12(15)8-10/h5-6,8-9,11H,4,7H2,1-3H3. The maximum Gasteiger partial charge on any atom is 0.133 e. The average molecular weight is 350 g/mol. The van der Waals surface area contributed by atoms with E-state index in [1.807, 2.05) is 6.07 Å². The maximum absolute atomic E-state index is 5.22. The van der Waals surface area contributed by atoms with Crippen LogP contribution in [-0.2, 0) is 6.42 Å². The van der Waals surface area contributed by atoms with Crippen LogP contribution in [0.3, 0.4) is 0 Å². The van der Waals surface area contributed by atoms with Crippen LogP contribution in [0.2, 0.25) is 0 Å². The molecule has 0 aliphatic carbocycles. The van der Waals surface area contributed by atoms with Crippen LogP contribution in [-0.4, -0.2) is 11.9 Å². The van der Waals surface area contributed by atoms with Crippen LogP contribution >= 0.6 is 31.9 Å². The molecule has 0 N–H and O–H groups in total. The van der Waals surface area contributed by atoms with Crippen LogP contribution in [0.25, 0.3) is 0 Å². The molecule has 0 saturated carbocycles. The molecule has 0 amide bonds. The van der Waals surface area contributed by atoms with Crippen LogP contribution in [0, 0.1) is 5.92 Å². The van der Waals surface area contributed by atoms with Crippen LogP contribution in [0.15, 0.2) is 22.7 Å². The Morgan fingerprint density at radius 1 is 1.38 bits per heavy atom. The monoisotopic (exact) mass is 348 g/mol. The Hall–Kier alpha value is -0.0200. The normalized spacial score (nSPS) is 14.6. The Balaban J connectivity index is 2.71. The molecule has 90 valence electrons. The third-order valence-electron chi connectivity index (χ3n) is 2.78. The van der Waals surface area contributed by atoms with Crippen LogP contribution in [0.5, 0.6) is 5.75 Å². The van der Waals surface area contributed by atoms with Gasteiger partial charge in [-0.05, 0) is 52.4 Å². The molecule has 0 heterocycles. The van der Waals surface area contributed by atoms with Gasteiger partial charge in [-0.1, -0.05) is 35.8 Å². The zero-order valence-corrected chi connectivity index (χ0v) is 13.1. The van der Waals surface area contributed by atoms with Gasteiger partial charge in [-0.15, -0.1) is 0 Å². The lowest BCUT2D eigenvalue weighted by molar-refractivity contribution is 0.412. The second-order valence-electron chi connectivity index (χ2n) is 4.07. The first-order valence-corrected chi connectivity index (χ1v) is 7.25. The fraction of sp³-hybridized carbons (Fsp3) is 0.538. The summed E-state index contributed by atoms with van der Waals surface area (Å²) in [6.07, 6.45) is 2.25. The zero-order chi connectivity index (χ0) is 12.1. The van der Waals surface area contributed by atoms with Crippen molar-refractivity contribution in [1.29, 1.82) is 0 Å². The first kappa shape index (κ1) is 14.0. The van der Waals surface area contributed by atoms with Crippen LogP contribution < -0.4 is 4.74 Å². The molecule has 2 unspecified atom stereocenters. The largest absolute Gasteiger partial charge is 0.496 e. The lowest BCUT2D eigenvalue weighted by atomic mass is 9.97. The summed E-state index contributed by atoms with van der Waals surface area (Å²) in [5, 5.41) is 0. The van der Waals surface area contributed by atoms with E-state index in [0.717, 1.165) is 16.6 Å². The second-order valence-corrected chi connectivity index (χ2v) is 6.11. The summed E-state index contributed by atoms with van der Waals surface area (Å²) in [6, 6.07) is 6.29. The summed E-state index contributed by atoms with van der Waals surface area (Å²) in [5.41, 5.74) is 1.35. The van der Waals surface area contributed by atoms with Crippen molar-refractivity contribution in [3.8, 4) is 5.75 Å². The fourth-order valence-corrected chi connectivity index (χ4v) is 2.51. The van der Waals surface area contributed by atoms with E-state index in [1.165, 1.54) is 12.0 Å². The van der Waals surface area contributed by atoms with Gasteiger partial charge in [0.1, 0.15) is 5.75 Å². The number of alkyl halides is 1. The van der Waals surface area contributed by atoms with E-state index in [-0.39, 0.29) is 0 Å². The highest BCUT2D eigenvalue weighted by Gasteiger charge is 2.13. The molecule has 1 rings (SSSR count). The Morgan fingerprint density at radius 2 is 2.06 bits per heavy atom. The van der Waals surface area contributed by atoms with Gasteiger partial charge in [0.15, 0.2) is 0 Å². The van der Waals surface area contributed by atoms with E-state index in [1.54, 1.807) is 7.11 Å². The van der Waals surface area contributed by atoms with E-state index in [2.05, 4.69) is 57.8 Å². The van der Waals surface area contributed by atoms with Crippen molar-refractivity contribution in [2.75, 3.05) is 7.11 Å². The minimum absolute atomic E-state index is 0.591. The molecule has 0 spiro atoms. The van der Waals surface area contributed by atoms with Gasteiger partial charge in [-0.25, -0.2) is 0 Å². The molecule has 0 aliphatic rings. The summed E-state index contributed by atoms with van der Waals surface area (Å²) >= 11 is 7.22. The van der Waals surface area contributed by atoms with Gasteiger partial charge in [-0.3, -0.25) is 0 Å². The Bertz CT molecular complexity index is 339. The number of ether oxygens (including phenoxy) is 1. The molecule has 16 heavy (non-hydrogen) atoms. The first-order chi connectivity index (χ1) is 7.58. The quantitative estimate of drug-likeness (QED) is 0.693. The molecule has 0 bridgehead atoms. The molecule has 1 aromatic rings. The lowest BCUT2D eigenvalue weighted by Gasteiger charge is -2.17. The predicted octanol–water partition coefficient (Wildman–Crippen LogP) is 4.81. The minimum Gasteiger partial charge on any atom is -0.496 e. The van der Waals surface area contributed by atoms with E-state index in [0.29, 0.717) is 10.7 Å². The zero-order valence-electron chi connectivity index (χ0n) is 9.97. The van der Waals surface area contributed by atoms with E-state index in [9.17, 15) is 0 Å². The number of benzene rings is 1. The third-order valence-corrected chi connectivity index (χ3v) is 4.95. The summed E-state index contributed by atoms with van der Waals surface area (Å²) in [5.74, 6) is 1.53. The van der Waals surface area contributed by atoms with E-state index < -0.39 is 0 Å². The van der Waals surface area contributed by atoms with Gasteiger partial charge in [0.05, 0.1) is 11.6 Å². The average Bonchev–Trinajstić information content (AvgIpc) is 2.28. The van der Waals surface area contributed by atoms with Crippen molar-refractivity contribution >= 4 is 31.9 Å². The van der Waals surface area contributed by atoms with E-state index >= 15 is 0 Å². The fourth-order valence-electron chi connectivity index (χ4n) is 1.74. The molecule has 0 radical (unpaired) electrons. The number of rotatable bonds is 5. The number of hydrogen-bond donors (Lipinski definition) is 0. The highest BCUT2D eigenvalue weighted by atomic mass is 79.9. The number of methoxy groups -OCH3 is 1. The van der Waals surface area contributed by atoms with E-state index in [4.69, 9.17) is 4.74 Å². The van der Waals surface area contributed by atoms with Gasteiger partial charge in [-0.2, -0.15) is 0 Å². The van der Waals surface area contributed by atoms with Crippen molar-refractivity contribution in [2.24, 2.45) is 5.92 Å². The summed E-state index contributed by atoms with van der Waals surface area (Å²) in [4.78, 5) is 0.591. The molecule has 2 atom stereocenters. The van der Waals surface area contributed by atoms with Gasteiger partial charge < -0.3 is 4.74 Å². The minimum atomic E-state index is 0.591. The molecule has 3 heteroatoms. The first-order valence-electron chi connectivity index (χ1n) is 5.55. The smallest absolute Gasteiger partial charge is 0.133 e. The van der Waals surface area contributed by atoms with Crippen molar-refractivity contribution in [3.63, 3.8) is 0 Å². The molecule has 0 aromatic heterocycles. The highest BCUT2D eigenvalue weighted by molar-refractivity contribution is 9.10. The molecular formula is C13H18Br2O.